The maximum atomic E-state index is 12.6. The summed E-state index contributed by atoms with van der Waals surface area (Å²) in [6, 6.07) is 5.63. The molecule has 23 heavy (non-hydrogen) atoms. The molecule has 0 bridgehead atoms. The molecule has 2 heterocycles. The Kier molecular flexibility index (Phi) is 4.14. The minimum atomic E-state index is -2.99. The van der Waals surface area contributed by atoms with E-state index in [1.807, 2.05) is 36.7 Å². The van der Waals surface area contributed by atoms with Crippen LogP contribution < -0.4 is 0 Å². The van der Waals surface area contributed by atoms with Gasteiger partial charge >= 0.3 is 0 Å². The van der Waals surface area contributed by atoms with Crippen molar-refractivity contribution in [3.05, 3.63) is 30.1 Å². The number of aryl methyl sites for hydroxylation is 1. The first kappa shape index (κ1) is 16.0. The normalized spacial score (nSPS) is 20.0. The summed E-state index contributed by atoms with van der Waals surface area (Å²) in [4.78, 5) is 18.6. The van der Waals surface area contributed by atoms with Gasteiger partial charge in [-0.1, -0.05) is 6.07 Å². The highest BCUT2D eigenvalue weighted by molar-refractivity contribution is 7.91. The van der Waals surface area contributed by atoms with E-state index in [4.69, 9.17) is 0 Å². The predicted molar refractivity (Wildman–Crippen MR) is 88.9 cm³/mol. The van der Waals surface area contributed by atoms with E-state index in [9.17, 15) is 13.2 Å². The smallest absolute Gasteiger partial charge is 0.227 e. The van der Waals surface area contributed by atoms with E-state index in [2.05, 4.69) is 4.98 Å². The van der Waals surface area contributed by atoms with Gasteiger partial charge in [-0.25, -0.2) is 13.4 Å². The van der Waals surface area contributed by atoms with Gasteiger partial charge in [0.25, 0.3) is 0 Å². The van der Waals surface area contributed by atoms with Crippen LogP contribution in [-0.2, 0) is 28.1 Å². The van der Waals surface area contributed by atoms with Crippen LogP contribution in [0.3, 0.4) is 0 Å². The minimum Gasteiger partial charge on any atom is -0.339 e. The molecular formula is C16H21N3O3S. The first-order valence-electron chi connectivity index (χ1n) is 7.79. The van der Waals surface area contributed by atoms with Crippen LogP contribution in [0.15, 0.2) is 24.5 Å². The molecule has 1 aromatic carbocycles. The molecule has 0 N–H and O–H groups in total. The second kappa shape index (κ2) is 5.96. The third-order valence-corrected chi connectivity index (χ3v) is 6.21. The SMILES string of the molecule is CCN(C(=O)Cc1ccc2c(c1)ncn2C)C1CCS(=O)(=O)C1. The van der Waals surface area contributed by atoms with E-state index in [1.54, 1.807) is 11.2 Å². The van der Waals surface area contributed by atoms with Gasteiger partial charge in [0.15, 0.2) is 9.84 Å². The number of benzene rings is 1. The maximum Gasteiger partial charge on any atom is 0.227 e. The van der Waals surface area contributed by atoms with Crippen molar-refractivity contribution in [2.45, 2.75) is 25.8 Å². The molecule has 1 amide bonds. The standard InChI is InChI=1S/C16H21N3O3S/c1-3-19(13-6-7-23(21,22)10-13)16(20)9-12-4-5-15-14(8-12)17-11-18(15)2/h4-5,8,11,13H,3,6-7,9-10H2,1-2H3. The van der Waals surface area contributed by atoms with E-state index < -0.39 is 9.84 Å². The predicted octanol–water partition coefficient (Wildman–Crippen LogP) is 1.15. The number of fused-ring (bicyclic) bond motifs is 1. The van der Waals surface area contributed by atoms with Gasteiger partial charge in [0.05, 0.1) is 35.3 Å². The number of carbonyl (C=O) groups excluding carboxylic acids is 1. The van der Waals surface area contributed by atoms with E-state index in [1.165, 1.54) is 0 Å². The molecule has 1 aliphatic heterocycles. The molecule has 2 aromatic rings. The molecule has 1 saturated heterocycles. The van der Waals surface area contributed by atoms with Crippen molar-refractivity contribution in [3.63, 3.8) is 0 Å². The Labute approximate surface area is 136 Å². The number of nitrogens with zero attached hydrogens (tertiary/aromatic N) is 3. The highest BCUT2D eigenvalue weighted by atomic mass is 32.2. The van der Waals surface area contributed by atoms with Crippen LogP contribution in [0.1, 0.15) is 18.9 Å². The zero-order valence-electron chi connectivity index (χ0n) is 13.4. The second-order valence-electron chi connectivity index (χ2n) is 6.09. The van der Waals surface area contributed by atoms with Crippen LogP contribution in [0.25, 0.3) is 11.0 Å². The van der Waals surface area contributed by atoms with Crippen molar-refractivity contribution in [1.29, 1.82) is 0 Å². The zero-order valence-corrected chi connectivity index (χ0v) is 14.2. The Morgan fingerprint density at radius 1 is 1.43 bits per heavy atom. The quantitative estimate of drug-likeness (QED) is 0.840. The lowest BCUT2D eigenvalue weighted by Crippen LogP contribution is -2.41. The lowest BCUT2D eigenvalue weighted by atomic mass is 10.1. The number of imidazole rings is 1. The zero-order chi connectivity index (χ0) is 16.6. The number of amides is 1. The number of hydrogen-bond donors (Lipinski definition) is 0. The molecule has 124 valence electrons. The lowest BCUT2D eigenvalue weighted by Gasteiger charge is -2.27. The molecule has 0 radical (unpaired) electrons. The molecule has 6 nitrogen and oxygen atoms in total. The molecule has 1 aliphatic rings. The Hall–Kier alpha value is -1.89. The molecule has 1 fully saturated rings. The van der Waals surface area contributed by atoms with Crippen molar-refractivity contribution in [3.8, 4) is 0 Å². The van der Waals surface area contributed by atoms with Gasteiger partial charge in [-0.05, 0) is 31.0 Å². The lowest BCUT2D eigenvalue weighted by molar-refractivity contribution is -0.132. The fourth-order valence-corrected chi connectivity index (χ4v) is 4.96. The van der Waals surface area contributed by atoms with Crippen molar-refractivity contribution >= 4 is 26.8 Å². The molecule has 1 aromatic heterocycles. The third kappa shape index (κ3) is 3.24. The first-order chi connectivity index (χ1) is 10.9. The van der Waals surface area contributed by atoms with Crippen LogP contribution in [0, 0.1) is 0 Å². The molecule has 0 spiro atoms. The number of aromatic nitrogens is 2. The van der Waals surface area contributed by atoms with Gasteiger partial charge in [-0.2, -0.15) is 0 Å². The van der Waals surface area contributed by atoms with Crippen LogP contribution >= 0.6 is 0 Å². The van der Waals surface area contributed by atoms with Crippen LogP contribution in [0.2, 0.25) is 0 Å². The van der Waals surface area contributed by atoms with E-state index in [0.29, 0.717) is 13.0 Å². The Morgan fingerprint density at radius 3 is 2.87 bits per heavy atom. The molecule has 1 unspecified atom stereocenters. The largest absolute Gasteiger partial charge is 0.339 e. The van der Waals surface area contributed by atoms with Crippen molar-refractivity contribution in [2.24, 2.45) is 7.05 Å². The van der Waals surface area contributed by atoms with Crippen LogP contribution in [-0.4, -0.2) is 52.9 Å². The van der Waals surface area contributed by atoms with Crippen molar-refractivity contribution < 1.29 is 13.2 Å². The van der Waals surface area contributed by atoms with E-state index in [0.717, 1.165) is 16.6 Å². The van der Waals surface area contributed by atoms with Gasteiger partial charge in [0, 0.05) is 19.6 Å². The van der Waals surface area contributed by atoms with Gasteiger partial charge in [-0.3, -0.25) is 4.79 Å². The fraction of sp³-hybridized carbons (Fsp3) is 0.500. The highest BCUT2D eigenvalue weighted by Gasteiger charge is 2.33. The summed E-state index contributed by atoms with van der Waals surface area (Å²) >= 11 is 0. The minimum absolute atomic E-state index is 0.0233. The summed E-state index contributed by atoms with van der Waals surface area (Å²) < 4.78 is 25.2. The Morgan fingerprint density at radius 2 is 2.22 bits per heavy atom. The summed E-state index contributed by atoms with van der Waals surface area (Å²) in [6.07, 6.45) is 2.57. The van der Waals surface area contributed by atoms with Crippen LogP contribution in [0.5, 0.6) is 0 Å². The fourth-order valence-electron chi connectivity index (χ4n) is 3.23. The van der Waals surface area contributed by atoms with E-state index >= 15 is 0 Å². The van der Waals surface area contributed by atoms with Gasteiger partial charge in [-0.15, -0.1) is 0 Å². The van der Waals surface area contributed by atoms with Crippen molar-refractivity contribution in [1.82, 2.24) is 14.5 Å². The first-order valence-corrected chi connectivity index (χ1v) is 9.61. The number of rotatable bonds is 4. The van der Waals surface area contributed by atoms with Crippen molar-refractivity contribution in [2.75, 3.05) is 18.1 Å². The van der Waals surface area contributed by atoms with E-state index in [-0.39, 0.29) is 29.9 Å². The topological polar surface area (TPSA) is 72.3 Å². The average molecular weight is 335 g/mol. The molecule has 1 atom stereocenters. The third-order valence-electron chi connectivity index (χ3n) is 4.46. The molecule has 0 saturated carbocycles. The molecular weight excluding hydrogens is 314 g/mol. The number of carbonyl (C=O) groups is 1. The number of likely N-dealkylation sites (N-methyl/N-ethyl adjacent to an activating group) is 1. The average Bonchev–Trinajstić information content (AvgIpc) is 3.03. The van der Waals surface area contributed by atoms with Crippen LogP contribution in [0.4, 0.5) is 0 Å². The summed E-state index contributed by atoms with van der Waals surface area (Å²) in [7, 11) is -1.06. The van der Waals surface area contributed by atoms with Gasteiger partial charge in [0.2, 0.25) is 5.91 Å². The highest BCUT2D eigenvalue weighted by Crippen LogP contribution is 2.20. The maximum absolute atomic E-state index is 12.6. The Bertz CT molecular complexity index is 841. The summed E-state index contributed by atoms with van der Waals surface area (Å²) in [6.45, 7) is 2.43. The number of hydrogen-bond acceptors (Lipinski definition) is 4. The molecule has 3 rings (SSSR count). The molecule has 7 heteroatoms. The van der Waals surface area contributed by atoms with Gasteiger partial charge in [0.1, 0.15) is 0 Å². The summed E-state index contributed by atoms with van der Waals surface area (Å²) in [5, 5.41) is 0. The molecule has 0 aliphatic carbocycles. The number of sulfone groups is 1. The second-order valence-corrected chi connectivity index (χ2v) is 8.32. The van der Waals surface area contributed by atoms with Gasteiger partial charge < -0.3 is 9.47 Å². The Balaban J connectivity index is 1.75. The monoisotopic (exact) mass is 335 g/mol. The summed E-state index contributed by atoms with van der Waals surface area (Å²) in [5.41, 5.74) is 2.79. The summed E-state index contributed by atoms with van der Waals surface area (Å²) in [5.74, 6) is 0.248.